The predicted molar refractivity (Wildman–Crippen MR) is 104 cm³/mol. The van der Waals surface area contributed by atoms with E-state index in [4.69, 9.17) is 14.5 Å². The molecule has 1 amide bonds. The van der Waals surface area contributed by atoms with E-state index in [1.165, 1.54) is 0 Å². The maximum Gasteiger partial charge on any atom is 0.260 e. The summed E-state index contributed by atoms with van der Waals surface area (Å²) in [7, 11) is 3.11. The predicted octanol–water partition coefficient (Wildman–Crippen LogP) is 4.16. The van der Waals surface area contributed by atoms with E-state index < -0.39 is 0 Å². The summed E-state index contributed by atoms with van der Waals surface area (Å²) in [5.74, 6) is 0.901. The minimum Gasteiger partial charge on any atom is -0.491 e. The van der Waals surface area contributed by atoms with Gasteiger partial charge in [-0.2, -0.15) is 0 Å². The van der Waals surface area contributed by atoms with Gasteiger partial charge in [-0.1, -0.05) is 19.6 Å². The van der Waals surface area contributed by atoms with Crippen molar-refractivity contribution in [3.63, 3.8) is 0 Å². The van der Waals surface area contributed by atoms with E-state index in [1.807, 2.05) is 38.1 Å². The Morgan fingerprint density at radius 2 is 2.11 bits per heavy atom. The molecule has 27 heavy (non-hydrogen) atoms. The van der Waals surface area contributed by atoms with Gasteiger partial charge in [0.05, 0.1) is 37.2 Å². The van der Waals surface area contributed by atoms with Gasteiger partial charge in [0.2, 0.25) is 0 Å². The summed E-state index contributed by atoms with van der Waals surface area (Å²) in [6.45, 7) is 7.77. The van der Waals surface area contributed by atoms with Crippen LogP contribution in [0, 0.1) is 0 Å². The number of rotatable bonds is 6. The van der Waals surface area contributed by atoms with Gasteiger partial charge in [-0.05, 0) is 37.6 Å². The van der Waals surface area contributed by atoms with Crippen molar-refractivity contribution in [3.05, 3.63) is 60.1 Å². The zero-order valence-electron chi connectivity index (χ0n) is 16.0. The third kappa shape index (κ3) is 3.07. The molecule has 1 atom stereocenters. The molecule has 0 N–H and O–H groups in total. The Morgan fingerprint density at radius 1 is 1.33 bits per heavy atom. The summed E-state index contributed by atoms with van der Waals surface area (Å²) in [6.07, 6.45) is 6.03. The Hall–Kier alpha value is -3.15. The molecule has 3 rings (SSSR count). The van der Waals surface area contributed by atoms with Crippen LogP contribution in [-0.4, -0.2) is 35.0 Å². The third-order valence-corrected chi connectivity index (χ3v) is 4.70. The van der Waals surface area contributed by atoms with Crippen LogP contribution in [0.1, 0.15) is 42.4 Å². The first-order valence-corrected chi connectivity index (χ1v) is 8.81. The van der Waals surface area contributed by atoms with Crippen LogP contribution in [0.4, 0.5) is 0 Å². The molecule has 0 fully saturated rings. The summed E-state index contributed by atoms with van der Waals surface area (Å²) in [6, 6.07) is 5.37. The normalized spacial score (nSPS) is 16.3. The van der Waals surface area contributed by atoms with Gasteiger partial charge in [-0.15, -0.1) is 0 Å². The second kappa shape index (κ2) is 7.61. The number of hydrogen-bond acceptors (Lipinski definition) is 5. The van der Waals surface area contributed by atoms with E-state index in [9.17, 15) is 4.79 Å². The van der Waals surface area contributed by atoms with Gasteiger partial charge in [0, 0.05) is 17.5 Å². The number of allylic oxidation sites excluding steroid dienone is 2. The number of amides is 1. The average Bonchev–Trinajstić information content (AvgIpc) is 2.99. The van der Waals surface area contributed by atoms with Gasteiger partial charge in [0.1, 0.15) is 0 Å². The average molecular weight is 365 g/mol. The number of fused-ring (bicyclic) bond motifs is 1. The van der Waals surface area contributed by atoms with Gasteiger partial charge >= 0.3 is 0 Å². The third-order valence-electron chi connectivity index (χ3n) is 4.70. The number of pyridine rings is 2. The van der Waals surface area contributed by atoms with E-state index in [-0.39, 0.29) is 11.9 Å². The number of hydrogen-bond donors (Lipinski definition) is 0. The van der Waals surface area contributed by atoms with Crippen molar-refractivity contribution < 1.29 is 14.3 Å². The van der Waals surface area contributed by atoms with Crippen molar-refractivity contribution in [2.24, 2.45) is 0 Å². The van der Waals surface area contributed by atoms with Crippen molar-refractivity contribution in [1.82, 2.24) is 14.9 Å². The van der Waals surface area contributed by atoms with Crippen LogP contribution >= 0.6 is 0 Å². The molecular weight excluding hydrogens is 342 g/mol. The van der Waals surface area contributed by atoms with Gasteiger partial charge in [-0.3, -0.25) is 9.69 Å². The van der Waals surface area contributed by atoms with Crippen LogP contribution in [0.5, 0.6) is 11.6 Å². The molecular formula is C21H23N3O3. The number of aromatic nitrogens is 2. The second-order valence-electron chi connectivity index (χ2n) is 6.08. The van der Waals surface area contributed by atoms with E-state index in [0.29, 0.717) is 17.2 Å². The van der Waals surface area contributed by atoms with E-state index in [2.05, 4.69) is 11.6 Å². The Balaban J connectivity index is 2.08. The van der Waals surface area contributed by atoms with Crippen molar-refractivity contribution in [2.75, 3.05) is 14.2 Å². The fourth-order valence-electron chi connectivity index (χ4n) is 3.36. The molecule has 0 bridgehead atoms. The SMILES string of the molecule is C=C/C(=C\C)N1C(=O)c2ccc(-c3cnc(OC)c(OC)c3)nc2C1CC. The van der Waals surface area contributed by atoms with Crippen molar-refractivity contribution in [2.45, 2.75) is 26.3 Å². The topological polar surface area (TPSA) is 64.6 Å². The summed E-state index contributed by atoms with van der Waals surface area (Å²) < 4.78 is 10.5. The Morgan fingerprint density at radius 3 is 2.70 bits per heavy atom. The molecule has 6 nitrogen and oxygen atoms in total. The van der Waals surface area contributed by atoms with Crippen LogP contribution in [0.15, 0.2) is 48.8 Å². The first-order chi connectivity index (χ1) is 13.1. The van der Waals surface area contributed by atoms with E-state index in [0.717, 1.165) is 29.1 Å². The molecule has 0 aromatic carbocycles. The molecule has 140 valence electrons. The zero-order chi connectivity index (χ0) is 19.6. The molecule has 0 spiro atoms. The van der Waals surface area contributed by atoms with Crippen molar-refractivity contribution in [3.8, 4) is 22.9 Å². The number of ether oxygens (including phenoxy) is 2. The molecule has 6 heteroatoms. The van der Waals surface area contributed by atoms with Gasteiger partial charge in [-0.25, -0.2) is 9.97 Å². The van der Waals surface area contributed by atoms with Crippen molar-refractivity contribution >= 4 is 5.91 Å². The standard InChI is InChI=1S/C21H23N3O3/c1-6-14(7-2)24-17(8-3)19-15(21(24)25)9-10-16(23-19)13-11-18(26-4)20(27-5)22-12-13/h6-7,9-12,17H,1,8H2,2-5H3/b14-7+. The minimum atomic E-state index is -0.121. The Bertz CT molecular complexity index is 921. The highest BCUT2D eigenvalue weighted by Crippen LogP contribution is 2.39. The highest BCUT2D eigenvalue weighted by molar-refractivity contribution is 6.00. The quantitative estimate of drug-likeness (QED) is 0.719. The lowest BCUT2D eigenvalue weighted by atomic mass is 10.1. The second-order valence-corrected chi connectivity index (χ2v) is 6.08. The maximum absolute atomic E-state index is 12.9. The lowest BCUT2D eigenvalue weighted by molar-refractivity contribution is 0.0789. The molecule has 0 aliphatic carbocycles. The summed E-state index contributed by atoms with van der Waals surface area (Å²) in [5.41, 5.74) is 3.72. The molecule has 3 heterocycles. The summed E-state index contributed by atoms with van der Waals surface area (Å²) >= 11 is 0. The zero-order valence-corrected chi connectivity index (χ0v) is 16.0. The molecule has 1 aliphatic heterocycles. The number of carbonyl (C=O) groups is 1. The summed E-state index contributed by atoms with van der Waals surface area (Å²) in [4.78, 5) is 23.7. The van der Waals surface area contributed by atoms with Gasteiger partial charge in [0.15, 0.2) is 5.75 Å². The Kier molecular flexibility index (Phi) is 5.26. The molecule has 0 saturated heterocycles. The lowest BCUT2D eigenvalue weighted by Gasteiger charge is -2.24. The first kappa shape index (κ1) is 18.6. The van der Waals surface area contributed by atoms with Crippen LogP contribution in [-0.2, 0) is 0 Å². The van der Waals surface area contributed by atoms with Crippen LogP contribution < -0.4 is 9.47 Å². The van der Waals surface area contributed by atoms with Gasteiger partial charge < -0.3 is 9.47 Å². The smallest absolute Gasteiger partial charge is 0.260 e. The molecule has 0 radical (unpaired) electrons. The molecule has 2 aromatic heterocycles. The number of carbonyl (C=O) groups excluding carboxylic acids is 1. The fraction of sp³-hybridized carbons (Fsp3) is 0.286. The number of nitrogens with zero attached hydrogens (tertiary/aromatic N) is 3. The fourth-order valence-corrected chi connectivity index (χ4v) is 3.36. The van der Waals surface area contributed by atoms with Crippen molar-refractivity contribution in [1.29, 1.82) is 0 Å². The van der Waals surface area contributed by atoms with Crippen LogP contribution in [0.25, 0.3) is 11.3 Å². The van der Waals surface area contributed by atoms with E-state index in [1.54, 1.807) is 31.4 Å². The van der Waals surface area contributed by atoms with Gasteiger partial charge in [0.25, 0.3) is 11.8 Å². The molecule has 2 aromatic rings. The minimum absolute atomic E-state index is 0.0469. The van der Waals surface area contributed by atoms with Crippen LogP contribution in [0.2, 0.25) is 0 Å². The molecule has 0 saturated carbocycles. The highest BCUT2D eigenvalue weighted by Gasteiger charge is 2.38. The highest BCUT2D eigenvalue weighted by atomic mass is 16.5. The maximum atomic E-state index is 12.9. The van der Waals surface area contributed by atoms with Crippen LogP contribution in [0.3, 0.4) is 0 Å². The molecule has 1 unspecified atom stereocenters. The van der Waals surface area contributed by atoms with E-state index >= 15 is 0 Å². The largest absolute Gasteiger partial charge is 0.491 e. The Labute approximate surface area is 159 Å². The monoisotopic (exact) mass is 365 g/mol. The first-order valence-electron chi connectivity index (χ1n) is 8.81. The molecule has 1 aliphatic rings. The lowest BCUT2D eigenvalue weighted by Crippen LogP contribution is -2.26. The number of methoxy groups -OCH3 is 2. The summed E-state index contributed by atoms with van der Waals surface area (Å²) in [5, 5.41) is 0.